The van der Waals surface area contributed by atoms with Crippen molar-refractivity contribution in [2.24, 2.45) is 0 Å². The zero-order valence-electron chi connectivity index (χ0n) is 6.61. The molecule has 1 N–H and O–H groups in total. The van der Waals surface area contributed by atoms with Gasteiger partial charge in [0.25, 0.3) is 0 Å². The van der Waals surface area contributed by atoms with E-state index >= 15 is 0 Å². The maximum absolute atomic E-state index is 9.86. The fraction of sp³-hybridized carbons (Fsp3) is 0.111. The molecule has 0 unspecified atom stereocenters. The molecule has 68 valence electrons. The minimum Gasteiger partial charge on any atom is -0.382 e. The molecular formula is C9H7ClOS2. The minimum atomic E-state index is -0.516. The van der Waals surface area contributed by atoms with Crippen molar-refractivity contribution in [3.63, 3.8) is 0 Å². The maximum atomic E-state index is 9.86. The van der Waals surface area contributed by atoms with Crippen molar-refractivity contribution in [1.29, 1.82) is 0 Å². The van der Waals surface area contributed by atoms with Crippen LogP contribution in [0.25, 0.3) is 0 Å². The summed E-state index contributed by atoms with van der Waals surface area (Å²) >= 11 is 8.74. The van der Waals surface area contributed by atoms with E-state index < -0.39 is 6.10 Å². The third-order valence-corrected chi connectivity index (χ3v) is 3.88. The van der Waals surface area contributed by atoms with Gasteiger partial charge in [0, 0.05) is 9.75 Å². The summed E-state index contributed by atoms with van der Waals surface area (Å²) in [6, 6.07) is 7.51. The summed E-state index contributed by atoms with van der Waals surface area (Å²) in [6.07, 6.45) is -0.516. The lowest BCUT2D eigenvalue weighted by Crippen LogP contribution is -1.92. The van der Waals surface area contributed by atoms with E-state index in [9.17, 15) is 5.11 Å². The molecular weight excluding hydrogens is 224 g/mol. The average molecular weight is 231 g/mol. The lowest BCUT2D eigenvalue weighted by Gasteiger charge is -2.03. The molecule has 2 aromatic heterocycles. The van der Waals surface area contributed by atoms with Gasteiger partial charge in [-0.15, -0.1) is 22.7 Å². The molecule has 0 saturated carbocycles. The fourth-order valence-corrected chi connectivity index (χ4v) is 2.93. The van der Waals surface area contributed by atoms with Crippen LogP contribution in [0.1, 0.15) is 15.9 Å². The second-order valence-electron chi connectivity index (χ2n) is 2.56. The van der Waals surface area contributed by atoms with Gasteiger partial charge in [0.05, 0.1) is 4.34 Å². The Kier molecular flexibility index (Phi) is 2.69. The summed E-state index contributed by atoms with van der Waals surface area (Å²) in [5.74, 6) is 0. The smallest absolute Gasteiger partial charge is 0.122 e. The van der Waals surface area contributed by atoms with Crippen LogP contribution in [0.2, 0.25) is 4.34 Å². The van der Waals surface area contributed by atoms with Crippen molar-refractivity contribution in [2.75, 3.05) is 0 Å². The van der Waals surface area contributed by atoms with Crippen LogP contribution in [0.5, 0.6) is 0 Å². The molecule has 0 bridgehead atoms. The highest BCUT2D eigenvalue weighted by molar-refractivity contribution is 7.16. The van der Waals surface area contributed by atoms with Crippen LogP contribution >= 0.6 is 34.3 Å². The van der Waals surface area contributed by atoms with Crippen LogP contribution in [0.15, 0.2) is 29.6 Å². The van der Waals surface area contributed by atoms with E-state index in [4.69, 9.17) is 11.6 Å². The largest absolute Gasteiger partial charge is 0.382 e. The van der Waals surface area contributed by atoms with E-state index in [2.05, 4.69) is 0 Å². The molecule has 0 saturated heterocycles. The zero-order chi connectivity index (χ0) is 9.26. The fourth-order valence-electron chi connectivity index (χ4n) is 1.06. The Bertz CT molecular complexity index is 380. The number of aliphatic hydroxyl groups is 1. The molecule has 0 aromatic carbocycles. The molecule has 2 heterocycles. The quantitative estimate of drug-likeness (QED) is 0.837. The highest BCUT2D eigenvalue weighted by Gasteiger charge is 2.12. The van der Waals surface area contributed by atoms with Gasteiger partial charge in [-0.2, -0.15) is 0 Å². The average Bonchev–Trinajstić information content (AvgIpc) is 2.72. The lowest BCUT2D eigenvalue weighted by molar-refractivity contribution is 0.228. The van der Waals surface area contributed by atoms with Crippen LogP contribution < -0.4 is 0 Å². The zero-order valence-corrected chi connectivity index (χ0v) is 8.99. The molecule has 0 aliphatic heterocycles. The summed E-state index contributed by atoms with van der Waals surface area (Å²) < 4.78 is 0.714. The third-order valence-electron chi connectivity index (χ3n) is 1.68. The van der Waals surface area contributed by atoms with E-state index in [1.54, 1.807) is 17.4 Å². The Morgan fingerprint density at radius 1 is 1.23 bits per heavy atom. The van der Waals surface area contributed by atoms with Gasteiger partial charge in [-0.3, -0.25) is 0 Å². The van der Waals surface area contributed by atoms with Gasteiger partial charge < -0.3 is 5.11 Å². The summed E-state index contributed by atoms with van der Waals surface area (Å²) in [5, 5.41) is 11.8. The van der Waals surface area contributed by atoms with Gasteiger partial charge in [-0.25, -0.2) is 0 Å². The van der Waals surface area contributed by atoms with Gasteiger partial charge in [0.2, 0.25) is 0 Å². The molecule has 0 fully saturated rings. The van der Waals surface area contributed by atoms with Crippen LogP contribution in [0.3, 0.4) is 0 Å². The lowest BCUT2D eigenvalue weighted by atomic mass is 10.2. The first kappa shape index (κ1) is 9.21. The first-order valence-corrected chi connectivity index (χ1v) is 5.81. The number of halogens is 1. The second-order valence-corrected chi connectivity index (χ2v) is 5.29. The van der Waals surface area contributed by atoms with Crippen LogP contribution in [-0.2, 0) is 0 Å². The number of rotatable bonds is 2. The van der Waals surface area contributed by atoms with Crippen molar-refractivity contribution < 1.29 is 5.11 Å². The second kappa shape index (κ2) is 3.80. The van der Waals surface area contributed by atoms with Crippen LogP contribution in [0, 0.1) is 0 Å². The summed E-state index contributed by atoms with van der Waals surface area (Å²) in [5.41, 5.74) is 0. The van der Waals surface area contributed by atoms with Crippen LogP contribution in [-0.4, -0.2) is 5.11 Å². The minimum absolute atomic E-state index is 0.516. The van der Waals surface area contributed by atoms with Gasteiger partial charge in [0.1, 0.15) is 6.10 Å². The predicted molar refractivity (Wildman–Crippen MR) is 57.7 cm³/mol. The summed E-state index contributed by atoms with van der Waals surface area (Å²) in [4.78, 5) is 1.85. The molecule has 13 heavy (non-hydrogen) atoms. The molecule has 2 aromatic rings. The Labute approximate surface area is 89.2 Å². The van der Waals surface area contributed by atoms with Crippen molar-refractivity contribution in [1.82, 2.24) is 0 Å². The SMILES string of the molecule is O[C@@H](c1cccs1)c1ccc(Cl)s1. The van der Waals surface area contributed by atoms with Gasteiger partial charge in [-0.05, 0) is 23.6 Å². The van der Waals surface area contributed by atoms with E-state index in [1.165, 1.54) is 11.3 Å². The highest BCUT2D eigenvalue weighted by Crippen LogP contribution is 2.32. The molecule has 0 radical (unpaired) electrons. The van der Waals surface area contributed by atoms with Gasteiger partial charge >= 0.3 is 0 Å². The number of hydrogen-bond donors (Lipinski definition) is 1. The molecule has 4 heteroatoms. The van der Waals surface area contributed by atoms with Crippen molar-refractivity contribution in [3.05, 3.63) is 43.7 Å². The normalized spacial score (nSPS) is 13.1. The molecule has 0 aliphatic carbocycles. The summed E-state index contributed by atoms with van der Waals surface area (Å²) in [7, 11) is 0. The summed E-state index contributed by atoms with van der Waals surface area (Å²) in [6.45, 7) is 0. The third kappa shape index (κ3) is 1.94. The Morgan fingerprint density at radius 2 is 2.08 bits per heavy atom. The number of hydrogen-bond acceptors (Lipinski definition) is 3. The monoisotopic (exact) mass is 230 g/mol. The van der Waals surface area contributed by atoms with Crippen molar-refractivity contribution >= 4 is 34.3 Å². The molecule has 1 atom stereocenters. The van der Waals surface area contributed by atoms with Gasteiger partial charge in [-0.1, -0.05) is 17.7 Å². The van der Waals surface area contributed by atoms with E-state index in [1.807, 2.05) is 23.6 Å². The number of aliphatic hydroxyl groups excluding tert-OH is 1. The van der Waals surface area contributed by atoms with E-state index in [0.717, 1.165) is 9.75 Å². The van der Waals surface area contributed by atoms with Gasteiger partial charge in [0.15, 0.2) is 0 Å². The van der Waals surface area contributed by atoms with E-state index in [-0.39, 0.29) is 0 Å². The van der Waals surface area contributed by atoms with Crippen molar-refractivity contribution in [3.8, 4) is 0 Å². The van der Waals surface area contributed by atoms with E-state index in [0.29, 0.717) is 4.34 Å². The first-order valence-electron chi connectivity index (χ1n) is 3.74. The molecule has 0 aliphatic rings. The molecule has 0 amide bonds. The Hall–Kier alpha value is -0.350. The molecule has 0 spiro atoms. The Balaban J connectivity index is 2.28. The van der Waals surface area contributed by atoms with Crippen LogP contribution in [0.4, 0.5) is 0 Å². The first-order chi connectivity index (χ1) is 6.27. The maximum Gasteiger partial charge on any atom is 0.122 e. The standard InChI is InChI=1S/C9H7ClOS2/c10-8-4-3-7(13-8)9(11)6-2-1-5-12-6/h1-5,9,11H/t9-/m0/s1. The molecule has 2 rings (SSSR count). The highest BCUT2D eigenvalue weighted by atomic mass is 35.5. The number of thiophene rings is 2. The Morgan fingerprint density at radius 3 is 2.62 bits per heavy atom. The predicted octanol–water partition coefficient (Wildman–Crippen LogP) is 3.54. The molecule has 1 nitrogen and oxygen atoms in total. The topological polar surface area (TPSA) is 20.2 Å². The van der Waals surface area contributed by atoms with Crippen molar-refractivity contribution in [2.45, 2.75) is 6.10 Å².